The van der Waals surface area contributed by atoms with Crippen molar-refractivity contribution in [3.05, 3.63) is 86.9 Å². The molecule has 3 aromatic rings. The smallest absolute Gasteiger partial charge is 0.249 e. The molecule has 0 aliphatic heterocycles. The second-order valence-corrected chi connectivity index (χ2v) is 8.21. The van der Waals surface area contributed by atoms with Gasteiger partial charge in [-0.15, -0.1) is 0 Å². The molecule has 0 saturated carbocycles. The number of carbonyl (C=O) groups excluding carboxylic acids is 2. The number of anilines is 1. The fraction of sp³-hybridized carbons (Fsp3) is 0.125. The van der Waals surface area contributed by atoms with Crippen LogP contribution in [0, 0.1) is 0 Å². The molecule has 0 radical (unpaired) electrons. The summed E-state index contributed by atoms with van der Waals surface area (Å²) in [6.45, 7) is 0.188. The van der Waals surface area contributed by atoms with Gasteiger partial charge < -0.3 is 14.8 Å². The summed E-state index contributed by atoms with van der Waals surface area (Å²) < 4.78 is 11.0. The molecule has 0 saturated heterocycles. The third-order valence-corrected chi connectivity index (χ3v) is 5.29. The first kappa shape index (κ1) is 25.4. The summed E-state index contributed by atoms with van der Waals surface area (Å²) in [5.41, 5.74) is 4.05. The van der Waals surface area contributed by atoms with Gasteiger partial charge in [0.1, 0.15) is 24.5 Å². The molecule has 7 nitrogen and oxygen atoms in total. The predicted molar refractivity (Wildman–Crippen MR) is 134 cm³/mol. The van der Waals surface area contributed by atoms with Gasteiger partial charge >= 0.3 is 0 Å². The number of para-hydroxylation sites is 2. The van der Waals surface area contributed by atoms with Crippen LogP contribution in [0.25, 0.3) is 0 Å². The first-order valence-electron chi connectivity index (χ1n) is 9.96. The van der Waals surface area contributed by atoms with Gasteiger partial charge in [-0.05, 0) is 42.5 Å². The topological polar surface area (TPSA) is 89.0 Å². The Kier molecular flexibility index (Phi) is 9.16. The second-order valence-electron chi connectivity index (χ2n) is 6.92. The van der Waals surface area contributed by atoms with Gasteiger partial charge in [-0.3, -0.25) is 9.59 Å². The Morgan fingerprint density at radius 3 is 2.44 bits per heavy atom. The van der Waals surface area contributed by atoms with Crippen LogP contribution in [0.1, 0.15) is 17.5 Å². The van der Waals surface area contributed by atoms with Crippen molar-refractivity contribution >= 4 is 58.5 Å². The van der Waals surface area contributed by atoms with Crippen LogP contribution in [-0.4, -0.2) is 25.1 Å². The fourth-order valence-electron chi connectivity index (χ4n) is 2.85. The Morgan fingerprint density at radius 1 is 0.941 bits per heavy atom. The molecule has 0 fully saturated rings. The summed E-state index contributed by atoms with van der Waals surface area (Å²) in [4.78, 5) is 24.3. The van der Waals surface area contributed by atoms with Gasteiger partial charge in [0.2, 0.25) is 11.8 Å². The number of amides is 2. The van der Waals surface area contributed by atoms with Crippen LogP contribution >= 0.6 is 34.8 Å². The highest BCUT2D eigenvalue weighted by Crippen LogP contribution is 2.26. The zero-order valence-electron chi connectivity index (χ0n) is 18.0. The Balaban J connectivity index is 1.58. The maximum atomic E-state index is 12.2. The molecule has 0 unspecified atom stereocenters. The molecule has 0 aliphatic rings. The van der Waals surface area contributed by atoms with E-state index in [0.29, 0.717) is 37.8 Å². The van der Waals surface area contributed by atoms with E-state index in [1.54, 1.807) is 60.7 Å². The molecule has 0 aromatic heterocycles. The van der Waals surface area contributed by atoms with E-state index in [9.17, 15) is 9.59 Å². The Labute approximate surface area is 211 Å². The van der Waals surface area contributed by atoms with Gasteiger partial charge in [0.25, 0.3) is 0 Å². The Hall–Kier alpha value is -3.26. The van der Waals surface area contributed by atoms with Crippen molar-refractivity contribution in [3.8, 4) is 11.5 Å². The Bertz CT molecular complexity index is 1220. The number of carbonyl (C=O) groups is 2. The van der Waals surface area contributed by atoms with Gasteiger partial charge in [0.15, 0.2) is 0 Å². The van der Waals surface area contributed by atoms with Gasteiger partial charge in [-0.2, -0.15) is 5.10 Å². The molecule has 176 valence electrons. The number of halogens is 3. The van der Waals surface area contributed by atoms with Gasteiger partial charge in [-0.1, -0.05) is 53.0 Å². The molecule has 0 heterocycles. The van der Waals surface area contributed by atoms with Crippen molar-refractivity contribution in [3.63, 3.8) is 0 Å². The minimum absolute atomic E-state index is 0.188. The average Bonchev–Trinajstić information content (AvgIpc) is 2.79. The third kappa shape index (κ3) is 7.38. The van der Waals surface area contributed by atoms with Gasteiger partial charge in [0, 0.05) is 26.2 Å². The van der Waals surface area contributed by atoms with E-state index in [0.717, 1.165) is 5.56 Å². The summed E-state index contributed by atoms with van der Waals surface area (Å²) in [7, 11) is 1.49. The van der Waals surface area contributed by atoms with Gasteiger partial charge in [-0.25, -0.2) is 5.43 Å². The van der Waals surface area contributed by atoms with E-state index in [4.69, 9.17) is 44.3 Å². The zero-order chi connectivity index (χ0) is 24.5. The monoisotopic (exact) mass is 519 g/mol. The minimum atomic E-state index is -0.596. The standard InChI is InChI=1S/C24H20Cl3N3O4/c1-33-22-5-3-2-4-20(22)29-23(31)12-24(32)30-28-13-16-10-17(25)8-9-21(16)34-14-15-6-7-18(26)11-19(15)27/h2-11,13H,12,14H2,1H3,(H,29,31)(H,30,32). The number of hydrogen-bond acceptors (Lipinski definition) is 5. The van der Waals surface area contributed by atoms with Crippen LogP contribution in [0.2, 0.25) is 15.1 Å². The zero-order valence-corrected chi connectivity index (χ0v) is 20.2. The van der Waals surface area contributed by atoms with Crippen molar-refractivity contribution in [2.24, 2.45) is 5.10 Å². The third-order valence-electron chi connectivity index (χ3n) is 4.47. The molecular weight excluding hydrogens is 501 g/mol. The van der Waals surface area contributed by atoms with E-state index < -0.39 is 18.2 Å². The lowest BCUT2D eigenvalue weighted by Crippen LogP contribution is -2.24. The summed E-state index contributed by atoms with van der Waals surface area (Å²) in [6.07, 6.45) is 0.948. The number of methoxy groups -OCH3 is 1. The summed E-state index contributed by atoms with van der Waals surface area (Å²) in [5, 5.41) is 8.00. The van der Waals surface area contributed by atoms with E-state index >= 15 is 0 Å². The van der Waals surface area contributed by atoms with Gasteiger partial charge in [0.05, 0.1) is 19.0 Å². The minimum Gasteiger partial charge on any atom is -0.495 e. The lowest BCUT2D eigenvalue weighted by atomic mass is 10.2. The average molecular weight is 521 g/mol. The van der Waals surface area contributed by atoms with Crippen molar-refractivity contribution in [1.29, 1.82) is 0 Å². The molecule has 0 aliphatic carbocycles. The molecular formula is C24H20Cl3N3O4. The second kappa shape index (κ2) is 12.3. The number of hydrogen-bond donors (Lipinski definition) is 2. The lowest BCUT2D eigenvalue weighted by Gasteiger charge is -2.11. The largest absolute Gasteiger partial charge is 0.495 e. The molecule has 34 heavy (non-hydrogen) atoms. The van der Waals surface area contributed by atoms with Crippen LogP contribution in [0.3, 0.4) is 0 Å². The van der Waals surface area contributed by atoms with Crippen molar-refractivity contribution in [2.75, 3.05) is 12.4 Å². The van der Waals surface area contributed by atoms with E-state index in [1.807, 2.05) is 0 Å². The first-order chi connectivity index (χ1) is 16.4. The maximum absolute atomic E-state index is 12.2. The molecule has 3 aromatic carbocycles. The first-order valence-corrected chi connectivity index (χ1v) is 11.1. The number of nitrogens with one attached hydrogen (secondary N) is 2. The van der Waals surface area contributed by atoms with E-state index in [1.165, 1.54) is 13.3 Å². The van der Waals surface area contributed by atoms with E-state index in [-0.39, 0.29) is 6.61 Å². The van der Waals surface area contributed by atoms with Crippen LogP contribution in [0.15, 0.2) is 65.8 Å². The number of ether oxygens (including phenoxy) is 2. The van der Waals surface area contributed by atoms with Crippen LogP contribution < -0.4 is 20.2 Å². The van der Waals surface area contributed by atoms with Crippen LogP contribution in [-0.2, 0) is 16.2 Å². The maximum Gasteiger partial charge on any atom is 0.249 e. The molecule has 3 rings (SSSR count). The number of nitrogens with zero attached hydrogens (tertiary/aromatic N) is 1. The van der Waals surface area contributed by atoms with E-state index in [2.05, 4.69) is 15.8 Å². The highest BCUT2D eigenvalue weighted by Gasteiger charge is 2.12. The lowest BCUT2D eigenvalue weighted by molar-refractivity contribution is -0.126. The van der Waals surface area contributed by atoms with Crippen LogP contribution in [0.5, 0.6) is 11.5 Å². The van der Waals surface area contributed by atoms with Crippen LogP contribution in [0.4, 0.5) is 5.69 Å². The molecule has 2 amide bonds. The summed E-state index contributed by atoms with van der Waals surface area (Å²) >= 11 is 18.2. The predicted octanol–water partition coefficient (Wildman–Crippen LogP) is 5.71. The highest BCUT2D eigenvalue weighted by atomic mass is 35.5. The number of hydrazone groups is 1. The summed E-state index contributed by atoms with van der Waals surface area (Å²) in [5.74, 6) is -0.144. The highest BCUT2D eigenvalue weighted by molar-refractivity contribution is 6.35. The fourth-order valence-corrected chi connectivity index (χ4v) is 3.49. The molecule has 2 N–H and O–H groups in total. The molecule has 0 spiro atoms. The normalized spacial score (nSPS) is 10.7. The number of rotatable bonds is 9. The quantitative estimate of drug-likeness (QED) is 0.215. The van der Waals surface area contributed by atoms with Crippen molar-refractivity contribution < 1.29 is 19.1 Å². The molecule has 0 bridgehead atoms. The SMILES string of the molecule is COc1ccccc1NC(=O)CC(=O)NN=Cc1cc(Cl)ccc1OCc1ccc(Cl)cc1Cl. The van der Waals surface area contributed by atoms with Crippen molar-refractivity contribution in [1.82, 2.24) is 5.43 Å². The number of benzene rings is 3. The Morgan fingerprint density at radius 2 is 1.68 bits per heavy atom. The molecule has 0 atom stereocenters. The van der Waals surface area contributed by atoms with Crippen molar-refractivity contribution in [2.45, 2.75) is 13.0 Å². The summed E-state index contributed by atoms with van der Waals surface area (Å²) in [6, 6.07) is 17.0. The molecule has 10 heteroatoms.